The molecular weight excluding hydrogens is 184 g/mol. The maximum Gasteiger partial charge on any atom is 0.165 e. The Labute approximate surface area is 93.5 Å². The van der Waals surface area contributed by atoms with Crippen molar-refractivity contribution in [1.82, 2.24) is 0 Å². The van der Waals surface area contributed by atoms with E-state index in [1.807, 2.05) is 52.0 Å². The van der Waals surface area contributed by atoms with E-state index >= 15 is 0 Å². The van der Waals surface area contributed by atoms with E-state index in [0.29, 0.717) is 0 Å². The molecule has 0 saturated heterocycles. The lowest BCUT2D eigenvalue weighted by Crippen LogP contribution is -2.09. The molecule has 0 radical (unpaired) electrons. The molecule has 0 atom stereocenters. The van der Waals surface area contributed by atoms with Crippen LogP contribution in [-0.4, -0.2) is 5.78 Å². The molecule has 0 aliphatic heterocycles. The van der Waals surface area contributed by atoms with Gasteiger partial charge in [-0.25, -0.2) is 0 Å². The smallest absolute Gasteiger partial charge is 0.165 e. The number of rotatable bonds is 3. The fourth-order valence-electron chi connectivity index (χ4n) is 1.38. The second kappa shape index (κ2) is 7.22. The van der Waals surface area contributed by atoms with Gasteiger partial charge in [-0.1, -0.05) is 58.9 Å². The van der Waals surface area contributed by atoms with Crippen molar-refractivity contribution >= 4 is 5.78 Å². The molecule has 1 aromatic rings. The first-order chi connectivity index (χ1) is 7.16. The van der Waals surface area contributed by atoms with Crippen LogP contribution in [0.1, 0.15) is 50.5 Å². The summed E-state index contributed by atoms with van der Waals surface area (Å²) in [5, 5.41) is 0. The normalized spacial score (nSPS) is 9.47. The molecule has 1 nitrogen and oxygen atoms in total. The molecule has 0 N–H and O–H groups in total. The molecule has 1 rings (SSSR count). The van der Waals surface area contributed by atoms with Crippen LogP contribution in [0.25, 0.3) is 0 Å². The van der Waals surface area contributed by atoms with E-state index in [1.165, 1.54) is 0 Å². The van der Waals surface area contributed by atoms with Crippen molar-refractivity contribution in [2.45, 2.75) is 41.0 Å². The summed E-state index contributed by atoms with van der Waals surface area (Å²) in [4.78, 5) is 11.7. The van der Waals surface area contributed by atoms with Crippen LogP contribution < -0.4 is 0 Å². The van der Waals surface area contributed by atoms with Gasteiger partial charge in [0, 0.05) is 11.5 Å². The van der Waals surface area contributed by atoms with Crippen LogP contribution in [0.5, 0.6) is 0 Å². The average molecular weight is 206 g/mol. The van der Waals surface area contributed by atoms with Gasteiger partial charge in [0.1, 0.15) is 0 Å². The Hall–Kier alpha value is -1.11. The van der Waals surface area contributed by atoms with E-state index in [-0.39, 0.29) is 11.7 Å². The van der Waals surface area contributed by atoms with E-state index in [1.54, 1.807) is 0 Å². The van der Waals surface area contributed by atoms with Gasteiger partial charge in [-0.3, -0.25) is 4.79 Å². The maximum atomic E-state index is 11.7. The SMILES string of the molecule is CC.CCc1ccccc1C(=O)C(C)C. The Morgan fingerprint density at radius 3 is 2.20 bits per heavy atom. The Morgan fingerprint density at radius 1 is 1.20 bits per heavy atom. The highest BCUT2D eigenvalue weighted by Gasteiger charge is 2.12. The minimum Gasteiger partial charge on any atom is -0.294 e. The van der Waals surface area contributed by atoms with Gasteiger partial charge in [-0.05, 0) is 12.0 Å². The van der Waals surface area contributed by atoms with Crippen molar-refractivity contribution in [2.24, 2.45) is 5.92 Å². The second-order valence-electron chi connectivity index (χ2n) is 3.53. The molecule has 0 unspecified atom stereocenters. The monoisotopic (exact) mass is 206 g/mol. The lowest BCUT2D eigenvalue weighted by Gasteiger charge is -2.08. The highest BCUT2D eigenvalue weighted by atomic mass is 16.1. The van der Waals surface area contributed by atoms with E-state index < -0.39 is 0 Å². The summed E-state index contributed by atoms with van der Waals surface area (Å²) in [6, 6.07) is 7.85. The summed E-state index contributed by atoms with van der Waals surface area (Å²) >= 11 is 0. The van der Waals surface area contributed by atoms with Crippen LogP contribution in [-0.2, 0) is 6.42 Å². The second-order valence-corrected chi connectivity index (χ2v) is 3.53. The third-order valence-corrected chi connectivity index (χ3v) is 2.19. The minimum absolute atomic E-state index is 0.0905. The van der Waals surface area contributed by atoms with Crippen molar-refractivity contribution in [1.29, 1.82) is 0 Å². The van der Waals surface area contributed by atoms with Gasteiger partial charge in [0.25, 0.3) is 0 Å². The first kappa shape index (κ1) is 13.9. The first-order valence-electron chi connectivity index (χ1n) is 5.79. The predicted molar refractivity (Wildman–Crippen MR) is 66.3 cm³/mol. The molecule has 0 saturated carbocycles. The fourth-order valence-corrected chi connectivity index (χ4v) is 1.38. The quantitative estimate of drug-likeness (QED) is 0.680. The molecule has 84 valence electrons. The molecule has 0 bridgehead atoms. The summed E-state index contributed by atoms with van der Waals surface area (Å²) < 4.78 is 0. The van der Waals surface area contributed by atoms with Gasteiger partial charge in [-0.2, -0.15) is 0 Å². The van der Waals surface area contributed by atoms with Crippen molar-refractivity contribution in [3.63, 3.8) is 0 Å². The topological polar surface area (TPSA) is 17.1 Å². The highest BCUT2D eigenvalue weighted by Crippen LogP contribution is 2.14. The lowest BCUT2D eigenvalue weighted by molar-refractivity contribution is 0.0938. The van der Waals surface area contributed by atoms with Crippen LogP contribution in [0.3, 0.4) is 0 Å². The summed E-state index contributed by atoms with van der Waals surface area (Å²) in [6.07, 6.45) is 0.925. The third-order valence-electron chi connectivity index (χ3n) is 2.19. The van der Waals surface area contributed by atoms with Crippen molar-refractivity contribution < 1.29 is 4.79 Å². The first-order valence-corrected chi connectivity index (χ1v) is 5.79. The molecule has 0 amide bonds. The Kier molecular flexibility index (Phi) is 6.68. The summed E-state index contributed by atoms with van der Waals surface area (Å²) in [5.41, 5.74) is 2.04. The zero-order valence-corrected chi connectivity index (χ0v) is 10.5. The zero-order valence-electron chi connectivity index (χ0n) is 10.5. The van der Waals surface area contributed by atoms with Gasteiger partial charge < -0.3 is 0 Å². The largest absolute Gasteiger partial charge is 0.294 e. The molecule has 0 aliphatic rings. The van der Waals surface area contributed by atoms with Crippen LogP contribution in [0, 0.1) is 5.92 Å². The van der Waals surface area contributed by atoms with E-state index in [2.05, 4.69) is 6.92 Å². The molecule has 0 heterocycles. The molecule has 0 aromatic heterocycles. The number of ketones is 1. The number of hydrogen-bond donors (Lipinski definition) is 0. The van der Waals surface area contributed by atoms with Crippen molar-refractivity contribution in [3.8, 4) is 0 Å². The molecule has 15 heavy (non-hydrogen) atoms. The maximum absolute atomic E-state index is 11.7. The number of carbonyl (C=O) groups excluding carboxylic acids is 1. The predicted octanol–water partition coefficient (Wildman–Crippen LogP) is 4.11. The van der Waals surface area contributed by atoms with Gasteiger partial charge in [-0.15, -0.1) is 0 Å². The standard InChI is InChI=1S/C12H16O.C2H6/c1-4-10-7-5-6-8-11(10)12(13)9(2)3;1-2/h5-9H,4H2,1-3H3;1-2H3. The number of Topliss-reactive ketones (excluding diaryl/α,β-unsaturated/α-hetero) is 1. The molecule has 0 fully saturated rings. The van der Waals surface area contributed by atoms with Gasteiger partial charge in [0.15, 0.2) is 5.78 Å². The third kappa shape index (κ3) is 3.86. The fraction of sp³-hybridized carbons (Fsp3) is 0.500. The Morgan fingerprint density at radius 2 is 1.73 bits per heavy atom. The molecule has 1 aromatic carbocycles. The van der Waals surface area contributed by atoms with E-state index in [0.717, 1.165) is 17.5 Å². The van der Waals surface area contributed by atoms with E-state index in [4.69, 9.17) is 0 Å². The highest BCUT2D eigenvalue weighted by molar-refractivity contribution is 5.98. The zero-order chi connectivity index (χ0) is 11.8. The van der Waals surface area contributed by atoms with Crippen LogP contribution >= 0.6 is 0 Å². The summed E-state index contributed by atoms with van der Waals surface area (Å²) in [5.74, 6) is 0.338. The summed E-state index contributed by atoms with van der Waals surface area (Å²) in [7, 11) is 0. The summed E-state index contributed by atoms with van der Waals surface area (Å²) in [6.45, 7) is 9.95. The van der Waals surface area contributed by atoms with Crippen LogP contribution in [0.15, 0.2) is 24.3 Å². The van der Waals surface area contributed by atoms with Gasteiger partial charge >= 0.3 is 0 Å². The number of carbonyl (C=O) groups is 1. The Balaban J connectivity index is 0.000000921. The molecular formula is C14H22O. The van der Waals surface area contributed by atoms with Crippen molar-refractivity contribution in [3.05, 3.63) is 35.4 Å². The molecule has 1 heteroatoms. The van der Waals surface area contributed by atoms with Gasteiger partial charge in [0.05, 0.1) is 0 Å². The van der Waals surface area contributed by atoms with Crippen molar-refractivity contribution in [2.75, 3.05) is 0 Å². The number of benzene rings is 1. The van der Waals surface area contributed by atoms with Crippen LogP contribution in [0.4, 0.5) is 0 Å². The number of aryl methyl sites for hydroxylation is 1. The minimum atomic E-state index is 0.0905. The molecule has 0 spiro atoms. The van der Waals surface area contributed by atoms with E-state index in [9.17, 15) is 4.79 Å². The lowest BCUT2D eigenvalue weighted by atomic mass is 9.95. The number of hydrogen-bond acceptors (Lipinski definition) is 1. The molecule has 0 aliphatic carbocycles. The van der Waals surface area contributed by atoms with Gasteiger partial charge in [0.2, 0.25) is 0 Å². The average Bonchev–Trinajstić information content (AvgIpc) is 2.30. The Bertz CT molecular complexity index is 300. The van der Waals surface area contributed by atoms with Crippen LogP contribution in [0.2, 0.25) is 0 Å².